The summed E-state index contributed by atoms with van der Waals surface area (Å²) in [5.74, 6) is 1.67. The topological polar surface area (TPSA) is 41.1 Å². The van der Waals surface area contributed by atoms with Gasteiger partial charge >= 0.3 is 0 Å². The molecule has 14 heavy (non-hydrogen) atoms. The van der Waals surface area contributed by atoms with Gasteiger partial charge in [-0.15, -0.1) is 0 Å². The molecule has 1 aromatic heterocycles. The molecule has 4 heteroatoms. The molecule has 1 rings (SSSR count). The third-order valence-corrected chi connectivity index (χ3v) is 2.06. The number of hydrogen-bond donors (Lipinski definition) is 1. The van der Waals surface area contributed by atoms with Crippen LogP contribution in [0.1, 0.15) is 20.3 Å². The van der Waals surface area contributed by atoms with Crippen molar-refractivity contribution < 1.29 is 0 Å². The molecule has 4 nitrogen and oxygen atoms in total. The van der Waals surface area contributed by atoms with Gasteiger partial charge in [-0.3, -0.25) is 0 Å². The maximum Gasteiger partial charge on any atom is 0.224 e. The molecule has 0 amide bonds. The molecule has 1 heterocycles. The Morgan fingerprint density at radius 2 is 2.21 bits per heavy atom. The van der Waals surface area contributed by atoms with Gasteiger partial charge in [0.2, 0.25) is 5.95 Å². The zero-order valence-corrected chi connectivity index (χ0v) is 9.12. The van der Waals surface area contributed by atoms with Crippen LogP contribution in [0.5, 0.6) is 0 Å². The van der Waals surface area contributed by atoms with Crippen LogP contribution in [0.15, 0.2) is 12.3 Å². The highest BCUT2D eigenvalue weighted by Gasteiger charge is 2.04. The lowest BCUT2D eigenvalue weighted by molar-refractivity contribution is 0.777. The highest BCUT2D eigenvalue weighted by molar-refractivity contribution is 5.41. The third-order valence-electron chi connectivity index (χ3n) is 2.06. The van der Waals surface area contributed by atoms with Gasteiger partial charge in [0, 0.05) is 26.3 Å². The van der Waals surface area contributed by atoms with Gasteiger partial charge in [0.1, 0.15) is 5.82 Å². The summed E-state index contributed by atoms with van der Waals surface area (Å²) in [5.41, 5.74) is 0. The van der Waals surface area contributed by atoms with Gasteiger partial charge in [-0.1, -0.05) is 6.92 Å². The summed E-state index contributed by atoms with van der Waals surface area (Å²) in [4.78, 5) is 10.7. The van der Waals surface area contributed by atoms with Gasteiger partial charge in [-0.25, -0.2) is 4.98 Å². The Kier molecular flexibility index (Phi) is 4.16. The molecule has 0 aliphatic carbocycles. The molecule has 0 atom stereocenters. The van der Waals surface area contributed by atoms with Crippen LogP contribution >= 0.6 is 0 Å². The molecule has 0 saturated carbocycles. The van der Waals surface area contributed by atoms with Crippen molar-refractivity contribution in [1.82, 2.24) is 9.97 Å². The van der Waals surface area contributed by atoms with Crippen LogP contribution in [0, 0.1) is 0 Å². The number of hydrogen-bond acceptors (Lipinski definition) is 4. The predicted octanol–water partition coefficient (Wildman–Crippen LogP) is 1.75. The highest BCUT2D eigenvalue weighted by Crippen LogP contribution is 2.11. The average Bonchev–Trinajstić information content (AvgIpc) is 2.26. The highest BCUT2D eigenvalue weighted by atomic mass is 15.2. The lowest BCUT2D eigenvalue weighted by Crippen LogP contribution is -2.24. The molecule has 1 N–H and O–H groups in total. The molecule has 0 fully saturated rings. The lowest BCUT2D eigenvalue weighted by atomic mass is 10.4. The summed E-state index contributed by atoms with van der Waals surface area (Å²) >= 11 is 0. The van der Waals surface area contributed by atoms with Crippen LogP contribution in [-0.4, -0.2) is 30.1 Å². The second-order valence-corrected chi connectivity index (χ2v) is 3.07. The predicted molar refractivity (Wildman–Crippen MR) is 59.8 cm³/mol. The van der Waals surface area contributed by atoms with E-state index >= 15 is 0 Å². The molecule has 78 valence electrons. The van der Waals surface area contributed by atoms with Crippen molar-refractivity contribution >= 4 is 11.8 Å². The standard InChI is InChI=1S/C10H18N4/c1-4-8-14(5-2)9-6-7-12-10(11-3)13-9/h6-7H,4-5,8H2,1-3H3,(H,11,12,13). The Morgan fingerprint density at radius 1 is 1.43 bits per heavy atom. The molecule has 0 spiro atoms. The summed E-state index contributed by atoms with van der Waals surface area (Å²) < 4.78 is 0. The molecular weight excluding hydrogens is 176 g/mol. The minimum Gasteiger partial charge on any atom is -0.357 e. The van der Waals surface area contributed by atoms with E-state index in [0.717, 1.165) is 25.3 Å². The lowest BCUT2D eigenvalue weighted by Gasteiger charge is -2.21. The maximum atomic E-state index is 4.38. The van der Waals surface area contributed by atoms with Crippen molar-refractivity contribution in [3.05, 3.63) is 12.3 Å². The molecule has 0 saturated heterocycles. The smallest absolute Gasteiger partial charge is 0.224 e. The number of nitrogens with one attached hydrogen (secondary N) is 1. The van der Waals surface area contributed by atoms with E-state index in [2.05, 4.69) is 34.0 Å². The van der Waals surface area contributed by atoms with Gasteiger partial charge in [-0.05, 0) is 19.4 Å². The van der Waals surface area contributed by atoms with E-state index in [0.29, 0.717) is 5.95 Å². The molecule has 0 aliphatic rings. The van der Waals surface area contributed by atoms with Gasteiger partial charge in [-0.2, -0.15) is 4.98 Å². The zero-order chi connectivity index (χ0) is 10.4. The van der Waals surface area contributed by atoms with Crippen molar-refractivity contribution in [2.24, 2.45) is 0 Å². The number of aromatic nitrogens is 2. The van der Waals surface area contributed by atoms with E-state index in [4.69, 9.17) is 0 Å². The van der Waals surface area contributed by atoms with Crippen LogP contribution < -0.4 is 10.2 Å². The fourth-order valence-electron chi connectivity index (χ4n) is 1.35. The number of rotatable bonds is 5. The first kappa shape index (κ1) is 10.8. The second kappa shape index (κ2) is 5.42. The SMILES string of the molecule is CCCN(CC)c1ccnc(NC)n1. The largest absolute Gasteiger partial charge is 0.357 e. The van der Waals surface area contributed by atoms with Crippen LogP contribution in [-0.2, 0) is 0 Å². The molecule has 0 aliphatic heterocycles. The van der Waals surface area contributed by atoms with E-state index in [1.165, 1.54) is 0 Å². The minimum atomic E-state index is 0.678. The first-order chi connectivity index (χ1) is 6.81. The molecular formula is C10H18N4. The normalized spacial score (nSPS) is 9.93. The quantitative estimate of drug-likeness (QED) is 0.775. The third kappa shape index (κ3) is 2.58. The van der Waals surface area contributed by atoms with Crippen LogP contribution in [0.4, 0.5) is 11.8 Å². The summed E-state index contributed by atoms with van der Waals surface area (Å²) in [6.07, 6.45) is 2.92. The zero-order valence-electron chi connectivity index (χ0n) is 9.12. The summed E-state index contributed by atoms with van der Waals surface area (Å²) in [6.45, 7) is 6.32. The fraction of sp³-hybridized carbons (Fsp3) is 0.600. The first-order valence-electron chi connectivity index (χ1n) is 5.07. The minimum absolute atomic E-state index is 0.678. The fourth-order valence-corrected chi connectivity index (χ4v) is 1.35. The average molecular weight is 194 g/mol. The Hall–Kier alpha value is -1.32. The Balaban J connectivity index is 2.80. The first-order valence-corrected chi connectivity index (χ1v) is 5.07. The monoisotopic (exact) mass is 194 g/mol. The second-order valence-electron chi connectivity index (χ2n) is 3.07. The van der Waals surface area contributed by atoms with E-state index in [1.807, 2.05) is 13.1 Å². The molecule has 0 unspecified atom stereocenters. The van der Waals surface area contributed by atoms with Gasteiger partial charge < -0.3 is 10.2 Å². The molecule has 1 aromatic rings. The number of nitrogens with zero attached hydrogens (tertiary/aromatic N) is 3. The molecule has 0 bridgehead atoms. The van der Waals surface area contributed by atoms with Gasteiger partial charge in [0.05, 0.1) is 0 Å². The van der Waals surface area contributed by atoms with E-state index in [-0.39, 0.29) is 0 Å². The molecule has 0 radical (unpaired) electrons. The van der Waals surface area contributed by atoms with Crippen molar-refractivity contribution in [2.75, 3.05) is 30.4 Å². The van der Waals surface area contributed by atoms with Crippen LogP contribution in [0.3, 0.4) is 0 Å². The molecule has 0 aromatic carbocycles. The van der Waals surface area contributed by atoms with E-state index in [1.54, 1.807) is 6.20 Å². The van der Waals surface area contributed by atoms with Crippen LogP contribution in [0.25, 0.3) is 0 Å². The van der Waals surface area contributed by atoms with Gasteiger partial charge in [0.15, 0.2) is 0 Å². The van der Waals surface area contributed by atoms with Crippen molar-refractivity contribution in [3.63, 3.8) is 0 Å². The maximum absolute atomic E-state index is 4.38. The van der Waals surface area contributed by atoms with Crippen molar-refractivity contribution in [1.29, 1.82) is 0 Å². The van der Waals surface area contributed by atoms with E-state index in [9.17, 15) is 0 Å². The summed E-state index contributed by atoms with van der Waals surface area (Å²) in [5, 5.41) is 2.94. The van der Waals surface area contributed by atoms with Crippen molar-refractivity contribution in [2.45, 2.75) is 20.3 Å². The Labute approximate surface area is 85.4 Å². The Morgan fingerprint density at radius 3 is 2.79 bits per heavy atom. The van der Waals surface area contributed by atoms with Crippen LogP contribution in [0.2, 0.25) is 0 Å². The number of anilines is 2. The van der Waals surface area contributed by atoms with Gasteiger partial charge in [0.25, 0.3) is 0 Å². The summed E-state index contributed by atoms with van der Waals surface area (Å²) in [7, 11) is 1.83. The van der Waals surface area contributed by atoms with Crippen molar-refractivity contribution in [3.8, 4) is 0 Å². The summed E-state index contributed by atoms with van der Waals surface area (Å²) in [6, 6.07) is 1.94. The van der Waals surface area contributed by atoms with E-state index < -0.39 is 0 Å². The Bertz CT molecular complexity index is 275.